The van der Waals surface area contributed by atoms with Gasteiger partial charge in [-0.1, -0.05) is 0 Å². The molecule has 0 aromatic rings. The Balaban J connectivity index is 3.35. The third-order valence-electron chi connectivity index (χ3n) is 0.805. The summed E-state index contributed by atoms with van der Waals surface area (Å²) >= 11 is 0. The minimum absolute atomic E-state index is 0.338. The van der Waals surface area contributed by atoms with E-state index in [9.17, 15) is 0 Å². The Morgan fingerprint density at radius 3 is 2.00 bits per heavy atom. The fourth-order valence-corrected chi connectivity index (χ4v) is 0.236. The van der Waals surface area contributed by atoms with Gasteiger partial charge in [-0.2, -0.15) is 0 Å². The summed E-state index contributed by atoms with van der Waals surface area (Å²) in [5.41, 5.74) is 0. The van der Waals surface area contributed by atoms with E-state index in [4.69, 9.17) is 10.1 Å². The van der Waals surface area contributed by atoms with Crippen molar-refractivity contribution in [2.24, 2.45) is 5.92 Å². The second-order valence-electron chi connectivity index (χ2n) is 1.76. The summed E-state index contributed by atoms with van der Waals surface area (Å²) in [5, 5.41) is 5.31. The van der Waals surface area contributed by atoms with Crippen molar-refractivity contribution in [3.63, 3.8) is 0 Å². The van der Waals surface area contributed by atoms with Crippen LogP contribution in [0.15, 0.2) is 0 Å². The molecular weight excluding hydrogens is 90.1 g/mol. The molecule has 2 heteroatoms. The lowest BCUT2D eigenvalue weighted by molar-refractivity contribution is -0.144. The van der Waals surface area contributed by atoms with E-state index >= 15 is 0 Å². The van der Waals surface area contributed by atoms with Gasteiger partial charge in [-0.3, -0.25) is 0 Å². The van der Waals surface area contributed by atoms with Crippen molar-refractivity contribution in [2.45, 2.75) is 13.8 Å². The highest BCUT2D eigenvalue weighted by Gasteiger charge is 2.05. The van der Waals surface area contributed by atoms with E-state index in [1.54, 1.807) is 7.11 Å². The van der Waals surface area contributed by atoms with Crippen LogP contribution >= 0.6 is 0 Å². The fourth-order valence-electron chi connectivity index (χ4n) is 0.236. The van der Waals surface area contributed by atoms with Crippen molar-refractivity contribution in [3.05, 3.63) is 0 Å². The van der Waals surface area contributed by atoms with Gasteiger partial charge in [-0.05, 0) is 13.8 Å². The molecule has 0 spiro atoms. The van der Waals surface area contributed by atoms with E-state index in [2.05, 4.69) is 0 Å². The first-order chi connectivity index (χ1) is 3.18. The average Bonchev–Trinajstić information content (AvgIpc) is 1.65. The Kier molecular flexibility index (Phi) is 2.41. The maximum atomic E-state index is 5.31. The lowest BCUT2D eigenvalue weighted by Crippen LogP contribution is -2.43. The topological polar surface area (TPSA) is 34.8 Å². The molecule has 0 aromatic heterocycles. The van der Waals surface area contributed by atoms with Gasteiger partial charge in [0.1, 0.15) is 0 Å². The molecule has 0 amide bonds. The maximum absolute atomic E-state index is 5.31. The van der Waals surface area contributed by atoms with Gasteiger partial charge in [0.2, 0.25) is 0 Å². The molecule has 0 unspecified atom stereocenters. The van der Waals surface area contributed by atoms with E-state index in [1.807, 2.05) is 13.8 Å². The number of nitrogens with two attached hydrogens (primary N) is 1. The van der Waals surface area contributed by atoms with Gasteiger partial charge < -0.3 is 4.74 Å². The van der Waals surface area contributed by atoms with Crippen LogP contribution in [0.5, 0.6) is 0 Å². The lowest BCUT2D eigenvalue weighted by Gasteiger charge is -1.96. The zero-order valence-electron chi connectivity index (χ0n) is 5.06. The Labute approximate surface area is 44.0 Å². The van der Waals surface area contributed by atoms with Gasteiger partial charge in [-0.25, -0.2) is 5.41 Å². The molecular formula is C5H12NO+. The van der Waals surface area contributed by atoms with Crippen molar-refractivity contribution in [1.29, 1.82) is 0 Å². The largest absolute Gasteiger partial charge is 0.451 e. The van der Waals surface area contributed by atoms with Crippen molar-refractivity contribution >= 4 is 5.90 Å². The van der Waals surface area contributed by atoms with Crippen LogP contribution in [0.2, 0.25) is 0 Å². The summed E-state index contributed by atoms with van der Waals surface area (Å²) in [7, 11) is 1.58. The van der Waals surface area contributed by atoms with E-state index in [0.29, 0.717) is 11.8 Å². The molecule has 0 heterocycles. The van der Waals surface area contributed by atoms with Crippen LogP contribution in [0.4, 0.5) is 0 Å². The molecule has 0 aliphatic heterocycles. The first-order valence-electron chi connectivity index (χ1n) is 2.34. The summed E-state index contributed by atoms with van der Waals surface area (Å²) < 4.78 is 4.71. The normalized spacial score (nSPS) is 9.14. The molecule has 0 saturated heterocycles. The molecule has 2 nitrogen and oxygen atoms in total. The lowest BCUT2D eigenvalue weighted by atomic mass is 10.2. The van der Waals surface area contributed by atoms with Gasteiger partial charge >= 0.3 is 5.90 Å². The molecule has 0 bridgehead atoms. The molecule has 2 N–H and O–H groups in total. The van der Waals surface area contributed by atoms with Crippen LogP contribution in [0, 0.1) is 5.92 Å². The van der Waals surface area contributed by atoms with Crippen LogP contribution in [0.1, 0.15) is 13.8 Å². The molecule has 0 fully saturated rings. The molecule has 0 atom stereocenters. The fraction of sp³-hybridized carbons (Fsp3) is 0.800. The number of ether oxygens (including phenoxy) is 1. The molecule has 0 radical (unpaired) electrons. The highest BCUT2D eigenvalue weighted by molar-refractivity contribution is 5.71. The van der Waals surface area contributed by atoms with Gasteiger partial charge in [0.25, 0.3) is 0 Å². The molecule has 0 aromatic carbocycles. The van der Waals surface area contributed by atoms with Crippen molar-refractivity contribution in [3.8, 4) is 0 Å². The van der Waals surface area contributed by atoms with Crippen LogP contribution < -0.4 is 5.41 Å². The van der Waals surface area contributed by atoms with Crippen LogP contribution in [-0.4, -0.2) is 13.0 Å². The first-order valence-corrected chi connectivity index (χ1v) is 2.34. The molecule has 0 aliphatic rings. The Morgan fingerprint density at radius 1 is 1.57 bits per heavy atom. The first kappa shape index (κ1) is 6.47. The highest BCUT2D eigenvalue weighted by atomic mass is 16.5. The van der Waals surface area contributed by atoms with Gasteiger partial charge in [0, 0.05) is 0 Å². The second-order valence-corrected chi connectivity index (χ2v) is 1.76. The smallest absolute Gasteiger partial charge is 0.335 e. The molecule has 0 rings (SSSR count). The minimum atomic E-state index is 0.338. The monoisotopic (exact) mass is 102 g/mol. The van der Waals surface area contributed by atoms with Gasteiger partial charge in [0.15, 0.2) is 0 Å². The van der Waals surface area contributed by atoms with Crippen molar-refractivity contribution in [1.82, 2.24) is 0 Å². The zero-order valence-corrected chi connectivity index (χ0v) is 5.06. The van der Waals surface area contributed by atoms with E-state index in [1.165, 1.54) is 0 Å². The van der Waals surface area contributed by atoms with Crippen molar-refractivity contribution < 1.29 is 10.1 Å². The third-order valence-corrected chi connectivity index (χ3v) is 0.805. The van der Waals surface area contributed by atoms with E-state index in [0.717, 1.165) is 0 Å². The quantitative estimate of drug-likeness (QED) is 0.350. The van der Waals surface area contributed by atoms with Gasteiger partial charge in [0.05, 0.1) is 13.0 Å². The predicted octanol–water partition coefficient (Wildman–Crippen LogP) is -0.554. The van der Waals surface area contributed by atoms with Crippen LogP contribution in [0.25, 0.3) is 0 Å². The van der Waals surface area contributed by atoms with Crippen molar-refractivity contribution in [2.75, 3.05) is 7.11 Å². The predicted molar refractivity (Wildman–Crippen MR) is 28.8 cm³/mol. The molecule has 7 heavy (non-hydrogen) atoms. The zero-order chi connectivity index (χ0) is 5.86. The third kappa shape index (κ3) is 2.20. The molecule has 42 valence electrons. The van der Waals surface area contributed by atoms with Gasteiger partial charge in [-0.15, -0.1) is 0 Å². The minimum Gasteiger partial charge on any atom is -0.451 e. The molecule has 0 aliphatic carbocycles. The summed E-state index contributed by atoms with van der Waals surface area (Å²) in [4.78, 5) is 0. The Bertz CT molecular complexity index is 68.5. The summed E-state index contributed by atoms with van der Waals surface area (Å²) in [6.07, 6.45) is 0. The SMILES string of the molecule is COC(=[NH2+])C(C)C. The molecule has 0 saturated carbocycles. The van der Waals surface area contributed by atoms with Crippen LogP contribution in [0.3, 0.4) is 0 Å². The number of hydrogen-bond acceptors (Lipinski definition) is 1. The standard InChI is InChI=1S/C5H11NO/c1-4(2)5(6)7-3/h4,6H,1-3H3/p+1. The Hall–Kier alpha value is -0.530. The second kappa shape index (κ2) is 2.61. The van der Waals surface area contributed by atoms with E-state index in [-0.39, 0.29) is 0 Å². The summed E-state index contributed by atoms with van der Waals surface area (Å²) in [6.45, 7) is 3.97. The number of hydrogen-bond donors (Lipinski definition) is 1. The van der Waals surface area contributed by atoms with E-state index < -0.39 is 0 Å². The maximum Gasteiger partial charge on any atom is 0.335 e. The summed E-state index contributed by atoms with van der Waals surface area (Å²) in [6, 6.07) is 0. The number of rotatable bonds is 1. The number of methoxy groups -OCH3 is 1. The average molecular weight is 102 g/mol. The summed E-state index contributed by atoms with van der Waals surface area (Å²) in [5.74, 6) is 0.935. The highest BCUT2D eigenvalue weighted by Crippen LogP contribution is 1.89. The van der Waals surface area contributed by atoms with Crippen LogP contribution in [-0.2, 0) is 4.74 Å². The Morgan fingerprint density at radius 2 is 2.00 bits per heavy atom.